The van der Waals surface area contributed by atoms with E-state index in [1.807, 2.05) is 18.2 Å². The van der Waals surface area contributed by atoms with E-state index in [2.05, 4.69) is 14.6 Å². The molecule has 1 aromatic heterocycles. The van der Waals surface area contributed by atoms with Gasteiger partial charge in [0, 0.05) is 18.0 Å². The van der Waals surface area contributed by atoms with Crippen LogP contribution in [0.15, 0.2) is 18.2 Å². The van der Waals surface area contributed by atoms with Gasteiger partial charge in [-0.15, -0.1) is 0 Å². The van der Waals surface area contributed by atoms with Gasteiger partial charge in [-0.1, -0.05) is 0 Å². The van der Waals surface area contributed by atoms with Crippen molar-refractivity contribution in [2.75, 3.05) is 26.7 Å². The molecule has 3 saturated heterocycles. The monoisotopic (exact) mass is 317 g/mol. The molecule has 1 aromatic carbocycles. The number of fused-ring (bicyclic) bond motifs is 4. The summed E-state index contributed by atoms with van der Waals surface area (Å²) in [4.78, 5) is 15.1. The summed E-state index contributed by atoms with van der Waals surface area (Å²) in [5.41, 5.74) is 0.523. The van der Waals surface area contributed by atoms with Crippen molar-refractivity contribution in [3.63, 3.8) is 0 Å². The molecular weight excluding hydrogens is 298 g/mol. The average molecular weight is 317 g/mol. The number of benzene rings is 1. The quantitative estimate of drug-likeness (QED) is 0.942. The summed E-state index contributed by atoms with van der Waals surface area (Å²) in [6.07, 6.45) is 2.38. The number of nitrogens with zero attached hydrogens (tertiary/aromatic N) is 2. The van der Waals surface area contributed by atoms with Gasteiger partial charge < -0.3 is 15.0 Å². The van der Waals surface area contributed by atoms with Crippen molar-refractivity contribution in [3.05, 3.63) is 23.9 Å². The maximum atomic E-state index is 12.6. The maximum absolute atomic E-state index is 12.6. The molecule has 6 heteroatoms. The lowest BCUT2D eigenvalue weighted by molar-refractivity contribution is 0.0619. The van der Waals surface area contributed by atoms with Crippen LogP contribution in [0.2, 0.25) is 0 Å². The van der Waals surface area contributed by atoms with Gasteiger partial charge in [0.25, 0.3) is 5.91 Å². The first-order chi connectivity index (χ1) is 10.7. The molecule has 4 heterocycles. The summed E-state index contributed by atoms with van der Waals surface area (Å²) >= 11 is 1.36. The van der Waals surface area contributed by atoms with Crippen LogP contribution in [0.1, 0.15) is 23.3 Å². The third kappa shape index (κ3) is 2.36. The fraction of sp³-hybridized carbons (Fsp3) is 0.500. The zero-order valence-corrected chi connectivity index (χ0v) is 13.4. The molecule has 0 aliphatic carbocycles. The third-order valence-corrected chi connectivity index (χ3v) is 5.69. The number of carbonyl (C=O) groups is 1. The second-order valence-corrected chi connectivity index (χ2v) is 6.92. The molecule has 0 spiro atoms. The second-order valence-electron chi connectivity index (χ2n) is 6.11. The fourth-order valence-electron chi connectivity index (χ4n) is 3.57. The van der Waals surface area contributed by atoms with Gasteiger partial charge in [-0.3, -0.25) is 4.79 Å². The number of carbonyl (C=O) groups excluding carboxylic acids is 1. The Labute approximate surface area is 133 Å². The van der Waals surface area contributed by atoms with Crippen molar-refractivity contribution < 1.29 is 9.53 Å². The van der Waals surface area contributed by atoms with Gasteiger partial charge in [0.05, 0.1) is 11.8 Å². The van der Waals surface area contributed by atoms with Crippen molar-refractivity contribution in [2.45, 2.75) is 18.9 Å². The van der Waals surface area contributed by atoms with Crippen LogP contribution in [-0.2, 0) is 0 Å². The topological polar surface area (TPSA) is 54.5 Å². The van der Waals surface area contributed by atoms with Crippen LogP contribution in [0.4, 0.5) is 0 Å². The summed E-state index contributed by atoms with van der Waals surface area (Å²) in [7, 11) is 1.63. The molecular formula is C16H19N3O2S. The van der Waals surface area contributed by atoms with Crippen LogP contribution in [0, 0.1) is 5.92 Å². The Bertz CT molecular complexity index is 706. The lowest BCUT2D eigenvalue weighted by atomic mass is 9.84. The van der Waals surface area contributed by atoms with Gasteiger partial charge >= 0.3 is 0 Å². The molecule has 5 rings (SSSR count). The summed E-state index contributed by atoms with van der Waals surface area (Å²) in [6.45, 7) is 3.32. The number of piperidine rings is 3. The summed E-state index contributed by atoms with van der Waals surface area (Å²) < 4.78 is 10.6. The van der Waals surface area contributed by atoms with Crippen molar-refractivity contribution >= 4 is 27.5 Å². The molecule has 2 bridgehead atoms. The number of rotatable bonds is 3. The van der Waals surface area contributed by atoms with E-state index in [4.69, 9.17) is 4.74 Å². The Morgan fingerprint density at radius 3 is 2.91 bits per heavy atom. The molecule has 2 aromatic rings. The number of methoxy groups -OCH3 is 1. The molecule has 116 valence electrons. The van der Waals surface area contributed by atoms with E-state index in [0.717, 1.165) is 22.4 Å². The SMILES string of the molecule is COc1ccc2snc(C(=O)N[C@H]3CN4CCC3CC4)c2c1. The van der Waals surface area contributed by atoms with Crippen LogP contribution in [0.5, 0.6) is 5.75 Å². The molecule has 5 nitrogen and oxygen atoms in total. The minimum absolute atomic E-state index is 0.0572. The van der Waals surface area contributed by atoms with Gasteiger partial charge in [0.1, 0.15) is 11.4 Å². The van der Waals surface area contributed by atoms with E-state index in [-0.39, 0.29) is 11.9 Å². The first-order valence-corrected chi connectivity index (χ1v) is 8.48. The Kier molecular flexibility index (Phi) is 3.50. The standard InChI is InChI=1S/C16H19N3O2S/c1-21-11-2-3-14-12(8-11)15(18-22-14)16(20)17-13-9-19-6-4-10(13)5-7-19/h2-3,8,10,13H,4-7,9H2,1H3,(H,17,20)/t13-/m0/s1. The van der Waals surface area contributed by atoms with Crippen molar-refractivity contribution in [2.24, 2.45) is 5.92 Å². The van der Waals surface area contributed by atoms with Gasteiger partial charge in [0.15, 0.2) is 0 Å². The number of hydrogen-bond acceptors (Lipinski definition) is 5. The Hall–Kier alpha value is -1.66. The third-order valence-electron chi connectivity index (χ3n) is 4.86. The minimum Gasteiger partial charge on any atom is -0.497 e. The molecule has 0 saturated carbocycles. The zero-order valence-electron chi connectivity index (χ0n) is 12.5. The van der Waals surface area contributed by atoms with Crippen molar-refractivity contribution in [1.29, 1.82) is 0 Å². The van der Waals surface area contributed by atoms with E-state index in [1.54, 1.807) is 7.11 Å². The van der Waals surface area contributed by atoms with Gasteiger partial charge in [0.2, 0.25) is 0 Å². The molecule has 0 unspecified atom stereocenters. The average Bonchev–Trinajstić information content (AvgIpc) is 2.99. The van der Waals surface area contributed by atoms with E-state index in [0.29, 0.717) is 11.6 Å². The summed E-state index contributed by atoms with van der Waals surface area (Å²) in [5, 5.41) is 4.08. The molecule has 1 atom stereocenters. The van der Waals surface area contributed by atoms with Crippen molar-refractivity contribution in [1.82, 2.24) is 14.6 Å². The number of ether oxygens (including phenoxy) is 1. The Morgan fingerprint density at radius 2 is 2.23 bits per heavy atom. The Morgan fingerprint density at radius 1 is 1.41 bits per heavy atom. The van der Waals surface area contributed by atoms with Gasteiger partial charge in [-0.2, -0.15) is 4.37 Å². The molecule has 3 aliphatic rings. The molecule has 22 heavy (non-hydrogen) atoms. The first kappa shape index (κ1) is 14.0. The molecule has 1 amide bonds. The van der Waals surface area contributed by atoms with Crippen LogP contribution < -0.4 is 10.1 Å². The zero-order chi connectivity index (χ0) is 15.1. The van der Waals surface area contributed by atoms with Crippen LogP contribution in [0.3, 0.4) is 0 Å². The molecule has 3 aliphatic heterocycles. The fourth-order valence-corrected chi connectivity index (χ4v) is 4.33. The molecule has 0 radical (unpaired) electrons. The normalized spacial score (nSPS) is 27.0. The van der Waals surface area contributed by atoms with Crippen LogP contribution in [0.25, 0.3) is 10.1 Å². The summed E-state index contributed by atoms with van der Waals surface area (Å²) in [5.74, 6) is 1.32. The smallest absolute Gasteiger partial charge is 0.271 e. The second kappa shape index (κ2) is 5.52. The highest BCUT2D eigenvalue weighted by Crippen LogP contribution is 2.29. The minimum atomic E-state index is -0.0572. The van der Waals surface area contributed by atoms with E-state index in [9.17, 15) is 4.79 Å². The number of nitrogens with one attached hydrogen (secondary N) is 1. The largest absolute Gasteiger partial charge is 0.497 e. The van der Waals surface area contributed by atoms with E-state index < -0.39 is 0 Å². The highest BCUT2D eigenvalue weighted by atomic mass is 32.1. The van der Waals surface area contributed by atoms with Crippen molar-refractivity contribution in [3.8, 4) is 5.75 Å². The van der Waals surface area contributed by atoms with Gasteiger partial charge in [-0.05, 0) is 61.6 Å². The number of hydrogen-bond donors (Lipinski definition) is 1. The first-order valence-electron chi connectivity index (χ1n) is 7.71. The predicted molar refractivity (Wildman–Crippen MR) is 86.6 cm³/mol. The molecule has 3 fully saturated rings. The number of aromatic nitrogens is 1. The lowest BCUT2D eigenvalue weighted by Crippen LogP contribution is -2.57. The Balaban J connectivity index is 1.57. The van der Waals surface area contributed by atoms with E-state index >= 15 is 0 Å². The number of amides is 1. The van der Waals surface area contributed by atoms with Gasteiger partial charge in [-0.25, -0.2) is 0 Å². The summed E-state index contributed by atoms with van der Waals surface area (Å²) in [6, 6.07) is 6.01. The van der Waals surface area contributed by atoms with E-state index in [1.165, 1.54) is 37.5 Å². The maximum Gasteiger partial charge on any atom is 0.271 e. The van der Waals surface area contributed by atoms with Crippen LogP contribution in [-0.4, -0.2) is 48.0 Å². The highest BCUT2D eigenvalue weighted by Gasteiger charge is 2.35. The highest BCUT2D eigenvalue weighted by molar-refractivity contribution is 7.13. The van der Waals surface area contributed by atoms with Crippen LogP contribution >= 0.6 is 11.5 Å². The lowest BCUT2D eigenvalue weighted by Gasteiger charge is -2.44. The predicted octanol–water partition coefficient (Wildman–Crippen LogP) is 2.13. The molecule has 1 N–H and O–H groups in total.